The van der Waals surface area contributed by atoms with Gasteiger partial charge in [-0.25, -0.2) is 9.13 Å². The highest BCUT2D eigenvalue weighted by molar-refractivity contribution is 7.47. The quantitative estimate of drug-likeness (QED) is 0.0169. The molecule has 0 spiro atoms. The van der Waals surface area contributed by atoms with Crippen LogP contribution in [0.2, 0.25) is 0 Å². The van der Waals surface area contributed by atoms with Crippen LogP contribution in [0.4, 0.5) is 0 Å². The smallest absolute Gasteiger partial charge is 0.462 e. The Labute approximate surface area is 642 Å². The normalized spacial score (nSPS) is 14.7. The van der Waals surface area contributed by atoms with Crippen molar-refractivity contribution in [1.29, 1.82) is 0 Å². The van der Waals surface area contributed by atoms with Crippen LogP contribution in [-0.4, -0.2) is 96.7 Å². The van der Waals surface area contributed by atoms with Crippen molar-refractivity contribution < 1.29 is 80.2 Å². The number of rotatable bonds is 74. The summed E-state index contributed by atoms with van der Waals surface area (Å²) in [7, 11) is -10.00. The van der Waals surface area contributed by atoms with Gasteiger partial charge in [0.05, 0.1) is 26.4 Å². The Morgan fingerprint density at radius 1 is 0.274 bits per heavy atom. The van der Waals surface area contributed by atoms with Crippen molar-refractivity contribution in [2.75, 3.05) is 39.6 Å². The fourth-order valence-electron chi connectivity index (χ4n) is 10.1. The van der Waals surface area contributed by atoms with E-state index in [1.807, 2.05) is 0 Å². The van der Waals surface area contributed by atoms with E-state index >= 15 is 0 Å². The minimum absolute atomic E-state index is 0.0638. The summed E-state index contributed by atoms with van der Waals surface area (Å²) in [6.45, 7) is 4.37. The average molecular weight is 1520 g/mol. The van der Waals surface area contributed by atoms with Crippen LogP contribution in [0, 0.1) is 0 Å². The second kappa shape index (κ2) is 77.6. The molecular formula is C87H142O17P2. The second-order valence-electron chi connectivity index (χ2n) is 26.2. The molecule has 0 radical (unpaired) electrons. The molecule has 0 amide bonds. The highest BCUT2D eigenvalue weighted by Crippen LogP contribution is 2.45. The van der Waals surface area contributed by atoms with Crippen molar-refractivity contribution in [1.82, 2.24) is 0 Å². The first kappa shape index (κ1) is 100. The van der Waals surface area contributed by atoms with Crippen molar-refractivity contribution in [2.45, 2.75) is 316 Å². The zero-order valence-electron chi connectivity index (χ0n) is 65.8. The van der Waals surface area contributed by atoms with E-state index < -0.39 is 97.5 Å². The molecule has 0 bridgehead atoms. The number of phosphoric acid groups is 2. The van der Waals surface area contributed by atoms with Crippen molar-refractivity contribution in [3.63, 3.8) is 0 Å². The van der Waals surface area contributed by atoms with E-state index in [4.69, 9.17) is 37.0 Å². The zero-order chi connectivity index (χ0) is 77.4. The first-order chi connectivity index (χ1) is 51.7. The molecule has 19 heteroatoms. The number of unbranched alkanes of at least 4 members (excludes halogenated alkanes) is 20. The van der Waals surface area contributed by atoms with Crippen molar-refractivity contribution in [2.24, 2.45) is 0 Å². The summed E-state index contributed by atoms with van der Waals surface area (Å²) in [4.78, 5) is 73.1. The number of phosphoric ester groups is 2. The molecule has 0 saturated carbocycles. The van der Waals surface area contributed by atoms with E-state index in [1.54, 1.807) is 0 Å². The Kier molecular flexibility index (Phi) is 73.5. The van der Waals surface area contributed by atoms with Crippen LogP contribution in [0.3, 0.4) is 0 Å². The van der Waals surface area contributed by atoms with E-state index in [1.165, 1.54) is 0 Å². The lowest BCUT2D eigenvalue weighted by Gasteiger charge is -2.21. The predicted octanol–water partition coefficient (Wildman–Crippen LogP) is 23.8. The molecule has 0 aliphatic carbocycles. The molecular weight excluding hydrogens is 1380 g/mol. The minimum atomic E-state index is -5.00. The molecule has 602 valence electrons. The van der Waals surface area contributed by atoms with Gasteiger partial charge in [0.1, 0.15) is 19.3 Å². The molecule has 17 nitrogen and oxygen atoms in total. The monoisotopic (exact) mass is 1520 g/mol. The van der Waals surface area contributed by atoms with Gasteiger partial charge in [0.25, 0.3) is 0 Å². The van der Waals surface area contributed by atoms with Gasteiger partial charge in [0.15, 0.2) is 12.2 Å². The second-order valence-corrected chi connectivity index (χ2v) is 29.1. The molecule has 3 N–H and O–H groups in total. The van der Waals surface area contributed by atoms with Gasteiger partial charge in [-0.2, -0.15) is 0 Å². The molecule has 0 aromatic rings. The maximum Gasteiger partial charge on any atom is 0.472 e. The first-order valence-corrected chi connectivity index (χ1v) is 43.4. The van der Waals surface area contributed by atoms with E-state index in [2.05, 4.69) is 198 Å². The number of aliphatic hydroxyl groups excluding tert-OH is 1. The van der Waals surface area contributed by atoms with Crippen molar-refractivity contribution >= 4 is 39.5 Å². The molecule has 0 aromatic heterocycles. The molecule has 0 fully saturated rings. The highest BCUT2D eigenvalue weighted by Gasteiger charge is 2.30. The summed E-state index contributed by atoms with van der Waals surface area (Å²) in [5, 5.41) is 10.6. The fraction of sp³-hybridized carbons (Fsp3) is 0.632. The number of carbonyl (C=O) groups is 4. The third-order valence-corrected chi connectivity index (χ3v) is 18.0. The summed E-state index contributed by atoms with van der Waals surface area (Å²) in [5.41, 5.74) is 0. The van der Waals surface area contributed by atoms with Crippen molar-refractivity contribution in [3.05, 3.63) is 170 Å². The van der Waals surface area contributed by atoms with Gasteiger partial charge in [-0.3, -0.25) is 37.3 Å². The van der Waals surface area contributed by atoms with Gasteiger partial charge in [-0.1, -0.05) is 275 Å². The molecule has 0 aliphatic rings. The van der Waals surface area contributed by atoms with Crippen LogP contribution in [0.15, 0.2) is 170 Å². The van der Waals surface area contributed by atoms with Gasteiger partial charge in [-0.05, 0) is 167 Å². The SMILES string of the molecule is CC/C=C\C/C=C\C/C=C\C/C=C\CCCCCCCCC(=O)OCC(COP(=O)(O)OCC(O)COP(=O)(O)OCC(COC(=O)CCCC/C=C\C/C=C\C/C=C\C/C=C\CC)OC(=O)CCCCCCC/C=C\C/C=C\CCC)OC(=O)CCCCCCCC/C=C\C/C=C\C/C=C\C/C=C\CC. The third kappa shape index (κ3) is 76.6. The number of ether oxygens (including phenoxy) is 4. The summed E-state index contributed by atoms with van der Waals surface area (Å²) >= 11 is 0. The van der Waals surface area contributed by atoms with Gasteiger partial charge in [0.2, 0.25) is 0 Å². The van der Waals surface area contributed by atoms with Gasteiger partial charge in [-0.15, -0.1) is 0 Å². The number of esters is 4. The van der Waals surface area contributed by atoms with Crippen molar-refractivity contribution in [3.8, 4) is 0 Å². The fourth-order valence-corrected chi connectivity index (χ4v) is 11.7. The largest absolute Gasteiger partial charge is 0.472 e. The molecule has 0 aliphatic heterocycles. The lowest BCUT2D eigenvalue weighted by atomic mass is 10.1. The number of hydrogen-bond acceptors (Lipinski definition) is 15. The molecule has 0 heterocycles. The Hall–Kier alpha value is -5.58. The third-order valence-electron chi connectivity index (χ3n) is 16.1. The Bertz CT molecular complexity index is 2680. The van der Waals surface area contributed by atoms with E-state index in [0.29, 0.717) is 25.7 Å². The van der Waals surface area contributed by atoms with Gasteiger partial charge >= 0.3 is 39.5 Å². The number of hydrogen-bond donors (Lipinski definition) is 3. The molecule has 5 atom stereocenters. The maximum absolute atomic E-state index is 13.1. The summed E-state index contributed by atoms with van der Waals surface area (Å²) in [5.74, 6) is -2.28. The van der Waals surface area contributed by atoms with Crippen LogP contribution in [0.5, 0.6) is 0 Å². The molecule has 0 aromatic carbocycles. The van der Waals surface area contributed by atoms with E-state index in [9.17, 15) is 43.2 Å². The number of aliphatic hydroxyl groups is 1. The van der Waals surface area contributed by atoms with Crippen LogP contribution >= 0.6 is 15.6 Å². The topological polar surface area (TPSA) is 237 Å². The predicted molar refractivity (Wildman–Crippen MR) is 436 cm³/mol. The number of allylic oxidation sites excluding steroid dienone is 28. The summed E-state index contributed by atoms with van der Waals surface area (Å²) < 4.78 is 68.6. The molecule has 106 heavy (non-hydrogen) atoms. The molecule has 5 unspecified atom stereocenters. The summed E-state index contributed by atoms with van der Waals surface area (Å²) in [6, 6.07) is 0. The van der Waals surface area contributed by atoms with E-state index in [-0.39, 0.29) is 25.7 Å². The molecule has 0 saturated heterocycles. The first-order valence-electron chi connectivity index (χ1n) is 40.4. The maximum atomic E-state index is 13.1. The number of carbonyl (C=O) groups excluding carboxylic acids is 4. The highest BCUT2D eigenvalue weighted by atomic mass is 31.2. The molecule has 0 rings (SSSR count). The van der Waals surface area contributed by atoms with Crippen LogP contribution in [0.1, 0.15) is 297 Å². The lowest BCUT2D eigenvalue weighted by molar-refractivity contribution is -0.161. The van der Waals surface area contributed by atoms with Crippen LogP contribution in [-0.2, 0) is 65.4 Å². The zero-order valence-corrected chi connectivity index (χ0v) is 67.6. The van der Waals surface area contributed by atoms with Gasteiger partial charge < -0.3 is 33.8 Å². The van der Waals surface area contributed by atoms with Gasteiger partial charge in [0, 0.05) is 25.7 Å². The van der Waals surface area contributed by atoms with Crippen LogP contribution in [0.25, 0.3) is 0 Å². The van der Waals surface area contributed by atoms with Crippen LogP contribution < -0.4 is 0 Å². The Morgan fingerprint density at radius 3 is 0.774 bits per heavy atom. The lowest BCUT2D eigenvalue weighted by Crippen LogP contribution is -2.30. The minimum Gasteiger partial charge on any atom is -0.462 e. The Balaban J connectivity index is 5.44. The van der Waals surface area contributed by atoms with E-state index in [0.717, 1.165) is 218 Å². The summed E-state index contributed by atoms with van der Waals surface area (Å²) in [6.07, 6.45) is 91.9. The Morgan fingerprint density at radius 2 is 0.491 bits per heavy atom. The standard InChI is InChI=1S/C87H142O17P2/c1-5-9-13-17-21-25-29-33-36-38-40-42-45-49-52-56-60-64-68-72-85(90)98-78-83(104-87(92)74-70-66-62-58-54-50-46-43-41-39-37-34-30-26-22-18-14-10-6-2)80-102-106(95,96)100-76-81(88)75-99-105(93,94)101-79-82(103-86(91)73-69-65-61-57-53-47-32-28-24-20-16-12-8-4)77-97-84(89)71-67-63-59-55-51-48-44-35-31-27-23-19-15-11-7-3/h9-11,13-16,20-23,25-28,32-37,40-44,51,55,81-83,88H,5-8,12,17-19,24,29-31,38-39,45-50,52-54,56-80H2,1-4H3,(H,93,94)(H,95,96)/b13-9-,14-10-,15-11-,20-16-,25-21-,26-22-,27-23-,32-28-,36-33-,37-34-,42-40-,43-41-,44-35-,55-51-. The average Bonchev–Trinajstić information content (AvgIpc) is 0.903.